The van der Waals surface area contributed by atoms with Gasteiger partial charge in [0.15, 0.2) is 0 Å². The van der Waals surface area contributed by atoms with Crippen LogP contribution in [0.3, 0.4) is 0 Å². The molecule has 2 aliphatic carbocycles. The second-order valence-corrected chi connectivity index (χ2v) is 3.63. The van der Waals surface area contributed by atoms with Crippen LogP contribution in [0.15, 0.2) is 6.07 Å². The highest BCUT2D eigenvalue weighted by atomic mass is 127. The van der Waals surface area contributed by atoms with Crippen LogP contribution in [0.4, 0.5) is 0 Å². The predicted molar refractivity (Wildman–Crippen MR) is 47.6 cm³/mol. The number of hydrogen-bond donors (Lipinski definition) is 0. The first kappa shape index (κ1) is 5.71. The molecule has 0 fully saturated rings. The normalized spacial score (nSPS) is 11.9. The lowest BCUT2D eigenvalue weighted by molar-refractivity contribution is 1.49. The van der Waals surface area contributed by atoms with Crippen molar-refractivity contribution in [1.82, 2.24) is 0 Å². The lowest BCUT2D eigenvalue weighted by Gasteiger charge is -1.83. The average molecular weight is 230 g/mol. The molecule has 0 saturated heterocycles. The fourth-order valence-corrected chi connectivity index (χ4v) is 2.09. The van der Waals surface area contributed by atoms with E-state index in [9.17, 15) is 0 Å². The Morgan fingerprint density at radius 1 is 1.33 bits per heavy atom. The largest absolute Gasteiger partial charge is 0.0500 e. The third-order valence-corrected chi connectivity index (χ3v) is 3.30. The summed E-state index contributed by atoms with van der Waals surface area (Å²) in [6.07, 6.45) is 0. The Hall–Kier alpha value is -0.0500. The number of fused-ring (bicyclic) bond motifs is 1. The molecule has 0 N–H and O–H groups in total. The summed E-state index contributed by atoms with van der Waals surface area (Å²) < 4.78 is 1.46. The van der Waals surface area contributed by atoms with Gasteiger partial charge in [-0.2, -0.15) is 0 Å². The van der Waals surface area contributed by atoms with E-state index >= 15 is 0 Å². The summed E-state index contributed by atoms with van der Waals surface area (Å²) in [4.78, 5) is 0. The van der Waals surface area contributed by atoms with Crippen molar-refractivity contribution in [3.63, 3.8) is 0 Å². The highest BCUT2D eigenvalue weighted by Crippen LogP contribution is 2.47. The molecule has 1 heteroatoms. The first-order valence-corrected chi connectivity index (χ1v) is 4.10. The van der Waals surface area contributed by atoms with E-state index in [1.54, 1.807) is 0 Å². The molecule has 0 aromatic rings. The van der Waals surface area contributed by atoms with E-state index in [0.29, 0.717) is 0 Å². The van der Waals surface area contributed by atoms with Crippen molar-refractivity contribution in [3.05, 3.63) is 20.8 Å². The van der Waals surface area contributed by atoms with Gasteiger partial charge < -0.3 is 0 Å². The Labute approximate surface area is 68.4 Å². The lowest BCUT2D eigenvalue weighted by Crippen LogP contribution is -1.66. The van der Waals surface area contributed by atoms with Crippen molar-refractivity contribution in [1.29, 1.82) is 0 Å². The van der Waals surface area contributed by atoms with Crippen molar-refractivity contribution in [2.45, 2.75) is 13.8 Å². The molecule has 0 aliphatic heterocycles. The topological polar surface area (TPSA) is 0 Å². The van der Waals surface area contributed by atoms with Crippen molar-refractivity contribution >= 4 is 22.6 Å². The standard InChI is InChI=1S/C8H7I/c1-4-3-6-5(2)7(6)8(4)9/h3H,1-2H3. The molecule has 0 aromatic heterocycles. The molecule has 0 atom stereocenters. The monoisotopic (exact) mass is 230 g/mol. The summed E-state index contributed by atoms with van der Waals surface area (Å²) in [6, 6.07) is 2.27. The van der Waals surface area contributed by atoms with E-state index in [2.05, 4.69) is 42.5 Å². The summed E-state index contributed by atoms with van der Waals surface area (Å²) in [5.74, 6) is 0. The van der Waals surface area contributed by atoms with E-state index in [1.165, 1.54) is 25.8 Å². The summed E-state index contributed by atoms with van der Waals surface area (Å²) in [5.41, 5.74) is 5.96. The minimum Gasteiger partial charge on any atom is -0.0500 e. The Morgan fingerprint density at radius 2 is 2.00 bits per heavy atom. The van der Waals surface area contributed by atoms with Crippen LogP contribution in [-0.4, -0.2) is 0 Å². The number of benzene rings is 1. The van der Waals surface area contributed by atoms with Gasteiger partial charge >= 0.3 is 0 Å². The Balaban J connectivity index is 2.70. The van der Waals surface area contributed by atoms with Crippen molar-refractivity contribution in [2.24, 2.45) is 0 Å². The molecule has 0 unspecified atom stereocenters. The molecule has 0 bridgehead atoms. The SMILES string of the molecule is Cc1cc2c(C)c-2c1I. The molecule has 2 aliphatic rings. The highest BCUT2D eigenvalue weighted by molar-refractivity contribution is 14.1. The average Bonchev–Trinajstić information content (AvgIpc) is 2.29. The summed E-state index contributed by atoms with van der Waals surface area (Å²) in [6.45, 7) is 4.35. The third kappa shape index (κ3) is 0.584. The Bertz CT molecular complexity index is 287. The van der Waals surface area contributed by atoms with E-state index in [1.807, 2.05) is 0 Å². The number of halogens is 1. The zero-order valence-corrected chi connectivity index (χ0v) is 7.61. The van der Waals surface area contributed by atoms with Gasteiger partial charge in [-0.1, -0.05) is 6.07 Å². The molecule has 0 amide bonds. The van der Waals surface area contributed by atoms with Gasteiger partial charge in [0.25, 0.3) is 0 Å². The van der Waals surface area contributed by atoms with Gasteiger partial charge in [0, 0.05) is 3.57 Å². The molecule has 0 radical (unpaired) electrons. The molecule has 0 spiro atoms. The minimum absolute atomic E-state index is 1.44. The van der Waals surface area contributed by atoms with Crippen LogP contribution in [0.25, 0.3) is 11.1 Å². The Morgan fingerprint density at radius 3 is 2.33 bits per heavy atom. The molecule has 0 heterocycles. The van der Waals surface area contributed by atoms with Gasteiger partial charge in [-0.15, -0.1) is 0 Å². The molecule has 2 rings (SSSR count). The van der Waals surface area contributed by atoms with Crippen LogP contribution in [0, 0.1) is 17.4 Å². The van der Waals surface area contributed by atoms with Gasteiger partial charge in [0.1, 0.15) is 0 Å². The first-order valence-electron chi connectivity index (χ1n) is 3.02. The maximum Gasteiger partial charge on any atom is 0.0241 e. The second kappa shape index (κ2) is 1.51. The van der Waals surface area contributed by atoms with Gasteiger partial charge in [-0.3, -0.25) is 0 Å². The van der Waals surface area contributed by atoms with Crippen molar-refractivity contribution < 1.29 is 0 Å². The smallest absolute Gasteiger partial charge is 0.0241 e. The number of hydrogen-bond acceptors (Lipinski definition) is 0. The molecule has 0 saturated carbocycles. The highest BCUT2D eigenvalue weighted by Gasteiger charge is 2.25. The summed E-state index contributed by atoms with van der Waals surface area (Å²) in [5, 5.41) is 0. The molecule has 0 nitrogen and oxygen atoms in total. The minimum atomic E-state index is 1.44. The van der Waals surface area contributed by atoms with Gasteiger partial charge in [-0.25, -0.2) is 0 Å². The van der Waals surface area contributed by atoms with Crippen LogP contribution >= 0.6 is 22.6 Å². The Kier molecular flexibility index (Phi) is 0.958. The van der Waals surface area contributed by atoms with E-state index in [0.717, 1.165) is 0 Å². The lowest BCUT2D eigenvalue weighted by atomic mass is 10.3. The molecular weight excluding hydrogens is 223 g/mol. The van der Waals surface area contributed by atoms with Crippen LogP contribution in [0.2, 0.25) is 0 Å². The fraction of sp³-hybridized carbons (Fsp3) is 0.250. The third-order valence-electron chi connectivity index (χ3n) is 1.91. The van der Waals surface area contributed by atoms with Gasteiger partial charge in [0.2, 0.25) is 0 Å². The van der Waals surface area contributed by atoms with Crippen molar-refractivity contribution in [3.8, 4) is 11.1 Å². The first-order chi connectivity index (χ1) is 4.22. The van der Waals surface area contributed by atoms with E-state index < -0.39 is 0 Å². The molecular formula is C8H7I. The zero-order valence-electron chi connectivity index (χ0n) is 5.46. The van der Waals surface area contributed by atoms with E-state index in [-0.39, 0.29) is 0 Å². The van der Waals surface area contributed by atoms with Crippen molar-refractivity contribution in [2.75, 3.05) is 0 Å². The fourth-order valence-electron chi connectivity index (χ4n) is 1.24. The number of rotatable bonds is 0. The van der Waals surface area contributed by atoms with Crippen LogP contribution < -0.4 is 0 Å². The molecule has 9 heavy (non-hydrogen) atoms. The second-order valence-electron chi connectivity index (χ2n) is 2.56. The van der Waals surface area contributed by atoms with Crippen LogP contribution in [0.5, 0.6) is 0 Å². The molecule has 0 aromatic carbocycles. The quantitative estimate of drug-likeness (QED) is 0.610. The predicted octanol–water partition coefficient (Wildman–Crippen LogP) is 2.89. The zero-order chi connectivity index (χ0) is 6.59. The van der Waals surface area contributed by atoms with Gasteiger partial charge in [0.05, 0.1) is 0 Å². The summed E-state index contributed by atoms with van der Waals surface area (Å²) >= 11 is 2.41. The maximum absolute atomic E-state index is 2.41. The molecule has 46 valence electrons. The van der Waals surface area contributed by atoms with Crippen LogP contribution in [0.1, 0.15) is 11.1 Å². The summed E-state index contributed by atoms with van der Waals surface area (Å²) in [7, 11) is 0. The van der Waals surface area contributed by atoms with Crippen LogP contribution in [-0.2, 0) is 0 Å². The van der Waals surface area contributed by atoms with Gasteiger partial charge in [-0.05, 0) is 58.7 Å². The maximum atomic E-state index is 2.41. The van der Waals surface area contributed by atoms with E-state index in [4.69, 9.17) is 0 Å². The number of aryl methyl sites for hydroxylation is 2.